The number of sulfone groups is 1. The quantitative estimate of drug-likeness (QED) is 0.338. The van der Waals surface area contributed by atoms with E-state index in [4.69, 9.17) is 9.72 Å². The molecular formula is C24H26F2N8O3S. The lowest BCUT2D eigenvalue weighted by molar-refractivity contribution is 0.374. The number of ether oxygens (including phenoxy) is 1. The number of aromatic amines is 1. The van der Waals surface area contributed by atoms with Gasteiger partial charge in [-0.3, -0.25) is 5.10 Å². The Bertz CT molecular complexity index is 1620. The summed E-state index contributed by atoms with van der Waals surface area (Å²) in [6.45, 7) is 1.86. The Morgan fingerprint density at radius 3 is 2.42 bits per heavy atom. The topological polar surface area (TPSA) is 131 Å². The van der Waals surface area contributed by atoms with Crippen molar-refractivity contribution in [3.05, 3.63) is 47.3 Å². The second-order valence-corrected chi connectivity index (χ2v) is 11.2. The van der Waals surface area contributed by atoms with E-state index in [1.807, 2.05) is 6.92 Å². The lowest BCUT2D eigenvalue weighted by atomic mass is 10.0. The zero-order chi connectivity index (χ0) is 27.4. The summed E-state index contributed by atoms with van der Waals surface area (Å²) < 4.78 is 61.1. The summed E-state index contributed by atoms with van der Waals surface area (Å²) in [5.41, 5.74) is 2.22. The number of nitrogens with zero attached hydrogens (tertiary/aromatic N) is 6. The molecule has 3 aromatic heterocycles. The van der Waals surface area contributed by atoms with Gasteiger partial charge in [-0.1, -0.05) is 0 Å². The van der Waals surface area contributed by atoms with Gasteiger partial charge in [-0.05, 0) is 37.8 Å². The summed E-state index contributed by atoms with van der Waals surface area (Å²) in [7, 11) is 0.828. The normalized spacial score (nSPS) is 13.6. The fourth-order valence-electron chi connectivity index (χ4n) is 4.28. The minimum absolute atomic E-state index is 0.0324. The maximum Gasteiger partial charge on any atom is 0.232 e. The van der Waals surface area contributed by atoms with E-state index in [0.717, 1.165) is 47.4 Å². The summed E-state index contributed by atoms with van der Waals surface area (Å²) in [6.07, 6.45) is 4.32. The molecule has 0 amide bonds. The van der Waals surface area contributed by atoms with Crippen molar-refractivity contribution in [2.24, 2.45) is 7.05 Å². The van der Waals surface area contributed by atoms with E-state index in [-0.39, 0.29) is 11.9 Å². The number of nitrogens with one attached hydrogen (secondary N) is 2. The van der Waals surface area contributed by atoms with Crippen LogP contribution in [0.1, 0.15) is 30.0 Å². The van der Waals surface area contributed by atoms with Gasteiger partial charge in [0.05, 0.1) is 29.5 Å². The fraction of sp³-hybridized carbons (Fsp3) is 0.333. The average Bonchev–Trinajstić information content (AvgIpc) is 3.49. The molecule has 0 aliphatic heterocycles. The molecule has 5 rings (SSSR count). The molecule has 14 heteroatoms. The molecule has 0 spiro atoms. The number of H-pyrrole nitrogens is 1. The van der Waals surface area contributed by atoms with Crippen LogP contribution in [0.5, 0.6) is 5.88 Å². The Balaban J connectivity index is 1.72. The summed E-state index contributed by atoms with van der Waals surface area (Å²) >= 11 is 0. The van der Waals surface area contributed by atoms with E-state index in [0.29, 0.717) is 28.8 Å². The molecule has 38 heavy (non-hydrogen) atoms. The van der Waals surface area contributed by atoms with Gasteiger partial charge in [0.25, 0.3) is 0 Å². The maximum absolute atomic E-state index is 15.1. The largest absolute Gasteiger partial charge is 0.481 e. The molecule has 0 atom stereocenters. The molecule has 4 aromatic rings. The van der Waals surface area contributed by atoms with E-state index in [2.05, 4.69) is 25.6 Å². The van der Waals surface area contributed by atoms with Crippen molar-refractivity contribution in [1.29, 1.82) is 0 Å². The first-order valence-corrected chi connectivity index (χ1v) is 13.6. The van der Waals surface area contributed by atoms with Gasteiger partial charge in [0.15, 0.2) is 27.3 Å². The summed E-state index contributed by atoms with van der Waals surface area (Å²) in [5, 5.41) is 14.6. The summed E-state index contributed by atoms with van der Waals surface area (Å²) in [6, 6.07) is 3.36. The lowest BCUT2D eigenvalue weighted by Crippen LogP contribution is -2.19. The standard InChI is InChI=1S/C24H26F2N8O3S/c1-12-8-18(32-31-12)28-22-19(13-6-7-13)20(15-11-27-34(3)23(15)37-4)29-24(30-22)33(2)21-16(25)9-14(10-17(21)26)38(5,35)36/h8-11,13H,6-7H2,1-5H3,(H2,28,29,30,31,32). The second kappa shape index (κ2) is 9.35. The van der Waals surface area contributed by atoms with Gasteiger partial charge in [-0.15, -0.1) is 0 Å². The molecule has 0 unspecified atom stereocenters. The van der Waals surface area contributed by atoms with Gasteiger partial charge < -0.3 is 15.0 Å². The van der Waals surface area contributed by atoms with Crippen molar-refractivity contribution >= 4 is 33.1 Å². The molecule has 11 nitrogen and oxygen atoms in total. The lowest BCUT2D eigenvalue weighted by Gasteiger charge is -2.22. The molecule has 3 heterocycles. The molecule has 1 aromatic carbocycles. The number of aryl methyl sites for hydroxylation is 2. The highest BCUT2D eigenvalue weighted by atomic mass is 32.2. The van der Waals surface area contributed by atoms with E-state index in [1.54, 1.807) is 24.0 Å². The first-order chi connectivity index (χ1) is 18.0. The van der Waals surface area contributed by atoms with Gasteiger partial charge in [0.2, 0.25) is 11.8 Å². The molecule has 0 bridgehead atoms. The predicted molar refractivity (Wildman–Crippen MR) is 137 cm³/mol. The van der Waals surface area contributed by atoms with Crippen LogP contribution >= 0.6 is 0 Å². The number of aromatic nitrogens is 6. The molecule has 200 valence electrons. The van der Waals surface area contributed by atoms with Crippen molar-refractivity contribution < 1.29 is 21.9 Å². The molecule has 1 fully saturated rings. The van der Waals surface area contributed by atoms with Crippen LogP contribution in [-0.2, 0) is 16.9 Å². The van der Waals surface area contributed by atoms with Crippen molar-refractivity contribution in [1.82, 2.24) is 29.9 Å². The van der Waals surface area contributed by atoms with Crippen LogP contribution in [-0.4, -0.2) is 58.8 Å². The first-order valence-electron chi connectivity index (χ1n) is 11.7. The maximum atomic E-state index is 15.1. The Hall–Kier alpha value is -4.07. The smallest absolute Gasteiger partial charge is 0.232 e. The van der Waals surface area contributed by atoms with E-state index in [1.165, 1.54) is 14.2 Å². The Kier molecular flexibility index (Phi) is 6.29. The summed E-state index contributed by atoms with van der Waals surface area (Å²) in [5.74, 6) is -0.632. The third-order valence-corrected chi connectivity index (χ3v) is 7.35. The van der Waals surface area contributed by atoms with E-state index < -0.39 is 32.1 Å². The van der Waals surface area contributed by atoms with Gasteiger partial charge in [-0.2, -0.15) is 15.2 Å². The molecule has 1 aliphatic carbocycles. The third kappa shape index (κ3) is 4.66. The highest BCUT2D eigenvalue weighted by Gasteiger charge is 2.34. The Labute approximate surface area is 217 Å². The van der Waals surface area contributed by atoms with Gasteiger partial charge in [-0.25, -0.2) is 26.9 Å². The highest BCUT2D eigenvalue weighted by Crippen LogP contribution is 2.49. The number of hydrogen-bond acceptors (Lipinski definition) is 9. The molecule has 1 aliphatic rings. The van der Waals surface area contributed by atoms with E-state index in [9.17, 15) is 8.42 Å². The van der Waals surface area contributed by atoms with Gasteiger partial charge in [0, 0.05) is 37.7 Å². The van der Waals surface area contributed by atoms with Crippen LogP contribution in [0, 0.1) is 18.6 Å². The Morgan fingerprint density at radius 2 is 1.87 bits per heavy atom. The number of hydrogen-bond donors (Lipinski definition) is 2. The third-order valence-electron chi connectivity index (χ3n) is 6.26. The van der Waals surface area contributed by atoms with Crippen LogP contribution in [0.15, 0.2) is 29.3 Å². The number of rotatable bonds is 8. The number of methoxy groups -OCH3 is 1. The number of halogens is 2. The minimum Gasteiger partial charge on any atom is -0.481 e. The van der Waals surface area contributed by atoms with Crippen molar-refractivity contribution in [3.8, 4) is 17.1 Å². The molecule has 0 radical (unpaired) electrons. The van der Waals surface area contributed by atoms with Crippen molar-refractivity contribution in [2.75, 3.05) is 30.6 Å². The van der Waals surface area contributed by atoms with Gasteiger partial charge >= 0.3 is 0 Å². The predicted octanol–water partition coefficient (Wildman–Crippen LogP) is 3.99. The zero-order valence-corrected chi connectivity index (χ0v) is 22.2. The average molecular weight is 545 g/mol. The van der Waals surface area contributed by atoms with Crippen molar-refractivity contribution in [2.45, 2.75) is 30.6 Å². The van der Waals surface area contributed by atoms with Crippen molar-refractivity contribution in [3.63, 3.8) is 0 Å². The zero-order valence-electron chi connectivity index (χ0n) is 21.4. The minimum atomic E-state index is -3.82. The molecule has 0 saturated heterocycles. The van der Waals surface area contributed by atoms with Gasteiger partial charge in [0.1, 0.15) is 11.5 Å². The Morgan fingerprint density at radius 1 is 1.18 bits per heavy atom. The first kappa shape index (κ1) is 25.6. The fourth-order valence-corrected chi connectivity index (χ4v) is 4.91. The van der Waals surface area contributed by atoms with Crippen LogP contribution < -0.4 is 15.0 Å². The molecule has 1 saturated carbocycles. The van der Waals surface area contributed by atoms with Crippen LogP contribution in [0.4, 0.5) is 32.1 Å². The monoisotopic (exact) mass is 544 g/mol. The van der Waals surface area contributed by atoms with Crippen LogP contribution in [0.2, 0.25) is 0 Å². The summed E-state index contributed by atoms with van der Waals surface area (Å²) in [4.78, 5) is 10.0. The highest BCUT2D eigenvalue weighted by molar-refractivity contribution is 7.90. The van der Waals surface area contributed by atoms with E-state index >= 15 is 8.78 Å². The second-order valence-electron chi connectivity index (χ2n) is 9.23. The molecular weight excluding hydrogens is 518 g/mol. The SMILES string of the molecule is COc1c(-c2nc(N(C)c3c(F)cc(S(C)(=O)=O)cc3F)nc(Nc3cc(C)[nH]n3)c2C2CC2)cnn1C. The van der Waals surface area contributed by atoms with Crippen LogP contribution in [0.3, 0.4) is 0 Å². The number of benzene rings is 1. The number of anilines is 4. The molecule has 2 N–H and O–H groups in total. The van der Waals surface area contributed by atoms with Crippen LogP contribution in [0.25, 0.3) is 11.3 Å².